The van der Waals surface area contributed by atoms with Crippen LogP contribution >= 0.6 is 0 Å². The monoisotopic (exact) mass is 244 g/mol. The van der Waals surface area contributed by atoms with Gasteiger partial charge in [0, 0.05) is 13.2 Å². The van der Waals surface area contributed by atoms with Crippen molar-refractivity contribution >= 4 is 0 Å². The van der Waals surface area contributed by atoms with Gasteiger partial charge in [-0.05, 0) is 22.6 Å². The SMILES string of the molecule is Cn1ccc(C(O)c2ccc(C(C)(C)C)cc2)n1. The molecule has 2 rings (SSSR count). The van der Waals surface area contributed by atoms with Gasteiger partial charge < -0.3 is 5.11 Å². The molecule has 0 spiro atoms. The van der Waals surface area contributed by atoms with E-state index in [2.05, 4.69) is 38.0 Å². The van der Waals surface area contributed by atoms with Gasteiger partial charge in [0.1, 0.15) is 6.10 Å². The number of aliphatic hydroxyl groups excluding tert-OH is 1. The fraction of sp³-hybridized carbons (Fsp3) is 0.400. The Morgan fingerprint density at radius 2 is 1.72 bits per heavy atom. The van der Waals surface area contributed by atoms with Gasteiger partial charge in [-0.3, -0.25) is 4.68 Å². The predicted molar refractivity (Wildman–Crippen MR) is 72.4 cm³/mol. The van der Waals surface area contributed by atoms with Crippen molar-refractivity contribution in [3.63, 3.8) is 0 Å². The molecule has 0 saturated heterocycles. The van der Waals surface area contributed by atoms with Crippen LogP contribution in [0.1, 0.15) is 43.7 Å². The van der Waals surface area contributed by atoms with E-state index in [0.29, 0.717) is 5.69 Å². The predicted octanol–water partition coefficient (Wildman–Crippen LogP) is 2.80. The van der Waals surface area contributed by atoms with Gasteiger partial charge in [0.05, 0.1) is 5.69 Å². The summed E-state index contributed by atoms with van der Waals surface area (Å²) in [4.78, 5) is 0. The Morgan fingerprint density at radius 3 is 2.17 bits per heavy atom. The summed E-state index contributed by atoms with van der Waals surface area (Å²) in [5, 5.41) is 14.4. The highest BCUT2D eigenvalue weighted by molar-refractivity contribution is 5.31. The Hall–Kier alpha value is -1.61. The molecule has 1 heterocycles. The molecule has 3 nitrogen and oxygen atoms in total. The number of benzene rings is 1. The van der Waals surface area contributed by atoms with E-state index in [-0.39, 0.29) is 5.41 Å². The Morgan fingerprint density at radius 1 is 1.11 bits per heavy atom. The van der Waals surface area contributed by atoms with Crippen LogP contribution in [0.5, 0.6) is 0 Å². The highest BCUT2D eigenvalue weighted by Gasteiger charge is 2.16. The molecule has 1 unspecified atom stereocenters. The van der Waals surface area contributed by atoms with Crippen molar-refractivity contribution in [2.75, 3.05) is 0 Å². The van der Waals surface area contributed by atoms with Crippen LogP contribution in [0, 0.1) is 0 Å². The first kappa shape index (κ1) is 12.8. The Bertz CT molecular complexity index is 520. The molecule has 1 aromatic heterocycles. The largest absolute Gasteiger partial charge is 0.382 e. The van der Waals surface area contributed by atoms with Crippen LogP contribution in [-0.2, 0) is 12.5 Å². The lowest BCUT2D eigenvalue weighted by Crippen LogP contribution is -2.11. The van der Waals surface area contributed by atoms with E-state index in [9.17, 15) is 5.11 Å². The summed E-state index contributed by atoms with van der Waals surface area (Å²) >= 11 is 0. The zero-order valence-electron chi connectivity index (χ0n) is 11.4. The molecule has 0 amide bonds. The van der Waals surface area contributed by atoms with Gasteiger partial charge in [-0.15, -0.1) is 0 Å². The molecule has 1 atom stereocenters. The molecule has 3 heteroatoms. The number of nitrogens with zero attached hydrogens (tertiary/aromatic N) is 2. The van der Waals surface area contributed by atoms with Crippen molar-refractivity contribution < 1.29 is 5.11 Å². The average Bonchev–Trinajstić information content (AvgIpc) is 2.74. The Kier molecular flexibility index (Phi) is 3.26. The summed E-state index contributed by atoms with van der Waals surface area (Å²) in [6.45, 7) is 6.53. The third kappa shape index (κ3) is 2.62. The van der Waals surface area contributed by atoms with Crippen LogP contribution < -0.4 is 0 Å². The molecule has 0 aliphatic heterocycles. The normalized spacial score (nSPS) is 13.6. The lowest BCUT2D eigenvalue weighted by molar-refractivity contribution is 0.214. The molecule has 96 valence electrons. The molecular weight excluding hydrogens is 224 g/mol. The highest BCUT2D eigenvalue weighted by Crippen LogP contribution is 2.25. The van der Waals surface area contributed by atoms with Crippen LogP contribution in [0.3, 0.4) is 0 Å². The van der Waals surface area contributed by atoms with E-state index in [4.69, 9.17) is 0 Å². The van der Waals surface area contributed by atoms with E-state index in [0.717, 1.165) is 5.56 Å². The number of hydrogen-bond acceptors (Lipinski definition) is 2. The summed E-state index contributed by atoms with van der Waals surface area (Å²) in [5.41, 5.74) is 2.95. The van der Waals surface area contributed by atoms with E-state index in [1.54, 1.807) is 4.68 Å². The minimum absolute atomic E-state index is 0.133. The van der Waals surface area contributed by atoms with Crippen molar-refractivity contribution in [1.29, 1.82) is 0 Å². The summed E-state index contributed by atoms with van der Waals surface area (Å²) in [7, 11) is 1.85. The molecule has 18 heavy (non-hydrogen) atoms. The lowest BCUT2D eigenvalue weighted by Gasteiger charge is -2.19. The van der Waals surface area contributed by atoms with Gasteiger partial charge in [-0.25, -0.2) is 0 Å². The number of aliphatic hydroxyl groups is 1. The maximum absolute atomic E-state index is 10.2. The van der Waals surface area contributed by atoms with Crippen LogP contribution in [0.2, 0.25) is 0 Å². The summed E-state index contributed by atoms with van der Waals surface area (Å²) in [5.74, 6) is 0. The van der Waals surface area contributed by atoms with Crippen LogP contribution in [0.15, 0.2) is 36.5 Å². The van der Waals surface area contributed by atoms with Gasteiger partial charge in [0.25, 0.3) is 0 Å². The van der Waals surface area contributed by atoms with Gasteiger partial charge in [-0.2, -0.15) is 5.10 Å². The molecule has 0 aliphatic rings. The first-order valence-electron chi connectivity index (χ1n) is 6.16. The fourth-order valence-corrected chi connectivity index (χ4v) is 1.92. The third-order valence-electron chi connectivity index (χ3n) is 3.11. The van der Waals surface area contributed by atoms with Gasteiger partial charge in [-0.1, -0.05) is 45.0 Å². The van der Waals surface area contributed by atoms with Crippen molar-refractivity contribution in [3.05, 3.63) is 53.3 Å². The van der Waals surface area contributed by atoms with Gasteiger partial charge in [0.15, 0.2) is 0 Å². The molecule has 0 aliphatic carbocycles. The quantitative estimate of drug-likeness (QED) is 0.882. The van der Waals surface area contributed by atoms with Crippen LogP contribution in [0.4, 0.5) is 0 Å². The minimum Gasteiger partial charge on any atom is -0.382 e. The first-order chi connectivity index (χ1) is 8.38. The molecule has 0 saturated carbocycles. The number of rotatable bonds is 2. The molecular formula is C15H20N2O. The topological polar surface area (TPSA) is 38.0 Å². The van der Waals surface area contributed by atoms with E-state index >= 15 is 0 Å². The maximum atomic E-state index is 10.2. The van der Waals surface area contributed by atoms with Crippen LogP contribution in [-0.4, -0.2) is 14.9 Å². The smallest absolute Gasteiger partial charge is 0.123 e. The first-order valence-corrected chi connectivity index (χ1v) is 6.16. The third-order valence-corrected chi connectivity index (χ3v) is 3.11. The van der Waals surface area contributed by atoms with Crippen molar-refractivity contribution in [3.8, 4) is 0 Å². The van der Waals surface area contributed by atoms with Gasteiger partial charge >= 0.3 is 0 Å². The van der Waals surface area contributed by atoms with Gasteiger partial charge in [0.2, 0.25) is 0 Å². The Balaban J connectivity index is 2.24. The fourth-order valence-electron chi connectivity index (χ4n) is 1.92. The van der Waals surface area contributed by atoms with E-state index in [1.807, 2.05) is 31.4 Å². The number of hydrogen-bond donors (Lipinski definition) is 1. The van der Waals surface area contributed by atoms with E-state index in [1.165, 1.54) is 5.56 Å². The molecule has 0 fully saturated rings. The molecule has 1 aromatic carbocycles. The number of aromatic nitrogens is 2. The van der Waals surface area contributed by atoms with Crippen LogP contribution in [0.25, 0.3) is 0 Å². The van der Waals surface area contributed by atoms with Crippen molar-refractivity contribution in [1.82, 2.24) is 9.78 Å². The lowest BCUT2D eigenvalue weighted by atomic mass is 9.86. The molecule has 0 bridgehead atoms. The zero-order valence-corrected chi connectivity index (χ0v) is 11.4. The second-order valence-corrected chi connectivity index (χ2v) is 5.69. The second-order valence-electron chi connectivity index (χ2n) is 5.69. The Labute approximate surface area is 108 Å². The summed E-state index contributed by atoms with van der Waals surface area (Å²) in [6.07, 6.45) is 1.18. The summed E-state index contributed by atoms with van der Waals surface area (Å²) in [6, 6.07) is 9.92. The molecule has 2 aromatic rings. The molecule has 0 radical (unpaired) electrons. The molecule has 1 N–H and O–H groups in total. The van der Waals surface area contributed by atoms with Crippen molar-refractivity contribution in [2.45, 2.75) is 32.3 Å². The van der Waals surface area contributed by atoms with Crippen molar-refractivity contribution in [2.24, 2.45) is 7.05 Å². The second kappa shape index (κ2) is 4.58. The minimum atomic E-state index is -0.653. The average molecular weight is 244 g/mol. The number of aryl methyl sites for hydroxylation is 1. The zero-order chi connectivity index (χ0) is 13.3. The maximum Gasteiger partial charge on any atom is 0.123 e. The standard InChI is InChI=1S/C15H20N2O/c1-15(2,3)12-7-5-11(6-8-12)14(18)13-9-10-17(4)16-13/h5-10,14,18H,1-4H3. The highest BCUT2D eigenvalue weighted by atomic mass is 16.3. The van der Waals surface area contributed by atoms with E-state index < -0.39 is 6.10 Å². The summed E-state index contributed by atoms with van der Waals surface area (Å²) < 4.78 is 1.70.